The van der Waals surface area contributed by atoms with Crippen molar-refractivity contribution in [2.45, 2.75) is 19.4 Å². The summed E-state index contributed by atoms with van der Waals surface area (Å²) < 4.78 is 0. The zero-order chi connectivity index (χ0) is 9.35. The number of nitrogens with two attached hydrogens (primary N) is 1. The van der Waals surface area contributed by atoms with Crippen LogP contribution in [0.15, 0.2) is 12.3 Å². The number of nitrogen functional groups attached to an aromatic ring is 1. The fraction of sp³-hybridized carbons (Fsp3) is 0.375. The first kappa shape index (κ1) is 9.29. The van der Waals surface area contributed by atoms with E-state index in [1.165, 1.54) is 6.20 Å². The third kappa shape index (κ3) is 1.87. The van der Waals surface area contributed by atoms with Gasteiger partial charge in [0.05, 0.1) is 16.4 Å². The molecule has 3 nitrogen and oxygen atoms in total. The van der Waals surface area contributed by atoms with Gasteiger partial charge in [-0.05, 0) is 19.9 Å². The van der Waals surface area contributed by atoms with Crippen molar-refractivity contribution in [2.24, 2.45) is 0 Å². The second-order valence-electron chi connectivity index (χ2n) is 3.15. The first-order chi connectivity index (χ1) is 5.41. The first-order valence-electron chi connectivity index (χ1n) is 3.55. The van der Waals surface area contributed by atoms with E-state index in [2.05, 4.69) is 4.98 Å². The summed E-state index contributed by atoms with van der Waals surface area (Å²) in [6.45, 7) is 3.28. The molecule has 0 aliphatic rings. The zero-order valence-electron chi connectivity index (χ0n) is 7.00. The molecule has 12 heavy (non-hydrogen) atoms. The summed E-state index contributed by atoms with van der Waals surface area (Å²) in [6.07, 6.45) is 1.43. The summed E-state index contributed by atoms with van der Waals surface area (Å²) in [5.74, 6) is 0. The topological polar surface area (TPSA) is 59.1 Å². The Morgan fingerprint density at radius 2 is 2.17 bits per heavy atom. The van der Waals surface area contributed by atoms with Crippen LogP contribution in [-0.2, 0) is 5.60 Å². The van der Waals surface area contributed by atoms with Crippen molar-refractivity contribution in [1.82, 2.24) is 4.98 Å². The Morgan fingerprint density at radius 3 is 2.58 bits per heavy atom. The molecule has 3 N–H and O–H groups in total. The number of halogens is 1. The average molecular weight is 187 g/mol. The maximum absolute atomic E-state index is 9.54. The Labute approximate surface area is 76.2 Å². The van der Waals surface area contributed by atoms with Crippen LogP contribution in [-0.4, -0.2) is 10.1 Å². The van der Waals surface area contributed by atoms with Gasteiger partial charge in [-0.15, -0.1) is 0 Å². The number of nitrogens with zero attached hydrogens (tertiary/aromatic N) is 1. The van der Waals surface area contributed by atoms with E-state index in [1.807, 2.05) is 0 Å². The smallest absolute Gasteiger partial charge is 0.101 e. The van der Waals surface area contributed by atoms with Gasteiger partial charge in [-0.1, -0.05) is 11.6 Å². The predicted molar refractivity (Wildman–Crippen MR) is 48.9 cm³/mol. The summed E-state index contributed by atoms with van der Waals surface area (Å²) in [6, 6.07) is 1.57. The van der Waals surface area contributed by atoms with Crippen LogP contribution < -0.4 is 5.73 Å². The molecule has 0 radical (unpaired) electrons. The molecule has 0 atom stereocenters. The van der Waals surface area contributed by atoms with Crippen LogP contribution in [0.5, 0.6) is 0 Å². The largest absolute Gasteiger partial charge is 0.397 e. The molecule has 1 aromatic heterocycles. The van der Waals surface area contributed by atoms with Crippen molar-refractivity contribution in [2.75, 3.05) is 5.73 Å². The van der Waals surface area contributed by atoms with Crippen molar-refractivity contribution >= 4 is 17.3 Å². The van der Waals surface area contributed by atoms with Crippen LogP contribution >= 0.6 is 11.6 Å². The van der Waals surface area contributed by atoms with E-state index in [-0.39, 0.29) is 0 Å². The highest BCUT2D eigenvalue weighted by atomic mass is 35.5. The minimum atomic E-state index is -0.974. The highest BCUT2D eigenvalue weighted by Crippen LogP contribution is 2.23. The first-order valence-corrected chi connectivity index (χ1v) is 3.93. The Balaban J connectivity index is 3.14. The molecule has 1 rings (SSSR count). The fourth-order valence-electron chi connectivity index (χ4n) is 0.789. The quantitative estimate of drug-likeness (QED) is 0.700. The summed E-state index contributed by atoms with van der Waals surface area (Å²) in [5, 5.41) is 9.95. The Kier molecular flexibility index (Phi) is 2.26. The van der Waals surface area contributed by atoms with Crippen molar-refractivity contribution in [3.05, 3.63) is 23.0 Å². The standard InChI is InChI=1S/C8H11ClN2O/c1-8(2,12)7-3-6(10)5(9)4-11-7/h3-4,12H,1-2H3,(H2,10,11). The number of anilines is 1. The fourth-order valence-corrected chi connectivity index (χ4v) is 0.892. The van der Waals surface area contributed by atoms with Gasteiger partial charge in [0.15, 0.2) is 0 Å². The molecular weight excluding hydrogens is 176 g/mol. The van der Waals surface area contributed by atoms with E-state index < -0.39 is 5.60 Å². The third-order valence-corrected chi connectivity index (χ3v) is 1.83. The number of rotatable bonds is 1. The normalized spacial score (nSPS) is 11.7. The molecule has 0 saturated heterocycles. The number of aromatic nitrogens is 1. The predicted octanol–water partition coefficient (Wildman–Crippen LogP) is 1.54. The molecule has 0 fully saturated rings. The van der Waals surface area contributed by atoms with Crippen molar-refractivity contribution in [3.63, 3.8) is 0 Å². The highest BCUT2D eigenvalue weighted by Gasteiger charge is 2.18. The van der Waals surface area contributed by atoms with Crippen LogP contribution in [0.25, 0.3) is 0 Å². The van der Waals surface area contributed by atoms with Gasteiger partial charge in [-0.3, -0.25) is 4.98 Å². The molecule has 1 heterocycles. The van der Waals surface area contributed by atoms with Gasteiger partial charge in [0.25, 0.3) is 0 Å². The lowest BCUT2D eigenvalue weighted by Crippen LogP contribution is -2.17. The van der Waals surface area contributed by atoms with Gasteiger partial charge < -0.3 is 10.8 Å². The minimum Gasteiger partial charge on any atom is -0.397 e. The summed E-state index contributed by atoms with van der Waals surface area (Å²) in [7, 11) is 0. The Morgan fingerprint density at radius 1 is 1.58 bits per heavy atom. The number of hydrogen-bond donors (Lipinski definition) is 2. The van der Waals surface area contributed by atoms with E-state index >= 15 is 0 Å². The summed E-state index contributed by atoms with van der Waals surface area (Å²) in [4.78, 5) is 3.95. The van der Waals surface area contributed by atoms with E-state index in [4.69, 9.17) is 17.3 Å². The minimum absolute atomic E-state index is 0.406. The van der Waals surface area contributed by atoms with E-state index in [0.717, 1.165) is 0 Å². The number of aliphatic hydroxyl groups is 1. The molecule has 0 spiro atoms. The Bertz CT molecular complexity index is 294. The van der Waals surface area contributed by atoms with Crippen LogP contribution in [0, 0.1) is 0 Å². The molecule has 0 aromatic carbocycles. The van der Waals surface area contributed by atoms with Crippen LogP contribution in [0.3, 0.4) is 0 Å². The molecule has 4 heteroatoms. The molecule has 1 aromatic rings. The second-order valence-corrected chi connectivity index (χ2v) is 3.56. The van der Waals surface area contributed by atoms with Gasteiger partial charge in [0.2, 0.25) is 0 Å². The van der Waals surface area contributed by atoms with Crippen LogP contribution in [0.1, 0.15) is 19.5 Å². The van der Waals surface area contributed by atoms with Gasteiger partial charge in [-0.2, -0.15) is 0 Å². The number of pyridine rings is 1. The van der Waals surface area contributed by atoms with Crippen molar-refractivity contribution in [1.29, 1.82) is 0 Å². The third-order valence-electron chi connectivity index (χ3n) is 1.51. The molecule has 0 aliphatic heterocycles. The molecular formula is C8H11ClN2O. The molecule has 66 valence electrons. The van der Waals surface area contributed by atoms with Crippen molar-refractivity contribution in [3.8, 4) is 0 Å². The van der Waals surface area contributed by atoms with Gasteiger partial charge in [-0.25, -0.2) is 0 Å². The highest BCUT2D eigenvalue weighted by molar-refractivity contribution is 6.32. The van der Waals surface area contributed by atoms with Crippen LogP contribution in [0.4, 0.5) is 5.69 Å². The Hall–Kier alpha value is -0.800. The molecule has 0 amide bonds. The van der Waals surface area contributed by atoms with Gasteiger partial charge in [0.1, 0.15) is 5.60 Å². The SMILES string of the molecule is CC(C)(O)c1cc(N)c(Cl)cn1. The molecule has 0 bridgehead atoms. The summed E-state index contributed by atoms with van der Waals surface area (Å²) in [5.41, 5.74) is 5.51. The number of hydrogen-bond acceptors (Lipinski definition) is 3. The van der Waals surface area contributed by atoms with E-state index in [9.17, 15) is 5.11 Å². The maximum atomic E-state index is 9.54. The van der Waals surface area contributed by atoms with E-state index in [1.54, 1.807) is 19.9 Å². The molecule has 0 aliphatic carbocycles. The van der Waals surface area contributed by atoms with Crippen molar-refractivity contribution < 1.29 is 5.11 Å². The summed E-state index contributed by atoms with van der Waals surface area (Å²) >= 11 is 5.66. The van der Waals surface area contributed by atoms with Gasteiger partial charge in [0, 0.05) is 6.20 Å². The van der Waals surface area contributed by atoms with E-state index in [0.29, 0.717) is 16.4 Å². The zero-order valence-corrected chi connectivity index (χ0v) is 7.76. The monoisotopic (exact) mass is 186 g/mol. The lowest BCUT2D eigenvalue weighted by Gasteiger charge is -2.16. The van der Waals surface area contributed by atoms with Crippen LogP contribution in [0.2, 0.25) is 5.02 Å². The lowest BCUT2D eigenvalue weighted by molar-refractivity contribution is 0.0739. The molecule has 0 unspecified atom stereocenters. The maximum Gasteiger partial charge on any atom is 0.101 e. The lowest BCUT2D eigenvalue weighted by atomic mass is 10.0. The second kappa shape index (κ2) is 2.92. The molecule has 0 saturated carbocycles. The van der Waals surface area contributed by atoms with Gasteiger partial charge >= 0.3 is 0 Å². The average Bonchev–Trinajstić information content (AvgIpc) is 1.92.